The number of nitrogens with one attached hydrogen (secondary N) is 1. The van der Waals surface area contributed by atoms with Gasteiger partial charge in [-0.15, -0.1) is 5.10 Å². The molecule has 4 heteroatoms. The number of hydrogen-bond donors (Lipinski definition) is 1. The molecule has 0 aliphatic heterocycles. The number of rotatable bonds is 3. The number of anilines is 1. The summed E-state index contributed by atoms with van der Waals surface area (Å²) in [6.45, 7) is 4.51. The Bertz CT molecular complexity index is 298. The predicted molar refractivity (Wildman–Crippen MR) is 51.4 cm³/mol. The molecular weight excluding hydrogens is 164 g/mol. The molecule has 1 aliphatic carbocycles. The second-order valence-electron chi connectivity index (χ2n) is 4.18. The standard InChI is InChI=1S/C9H16N4/c1-7(2)9(4-5-9)11-8-6-10-12-13(8)3/h6-7,11H,4-5H2,1-3H3. The van der Waals surface area contributed by atoms with Crippen LogP contribution in [0.1, 0.15) is 26.7 Å². The summed E-state index contributed by atoms with van der Waals surface area (Å²) in [5.41, 5.74) is 0.315. The summed E-state index contributed by atoms with van der Waals surface area (Å²) in [6.07, 6.45) is 4.30. The predicted octanol–water partition coefficient (Wildman–Crippen LogP) is 1.42. The third kappa shape index (κ3) is 1.41. The lowest BCUT2D eigenvalue weighted by Crippen LogP contribution is -2.28. The number of aromatic nitrogens is 3. The number of hydrogen-bond acceptors (Lipinski definition) is 3. The molecular formula is C9H16N4. The average Bonchev–Trinajstić information content (AvgIpc) is 2.74. The third-order valence-electron chi connectivity index (χ3n) is 2.99. The van der Waals surface area contributed by atoms with Gasteiger partial charge in [-0.3, -0.25) is 0 Å². The molecule has 1 fully saturated rings. The van der Waals surface area contributed by atoms with Gasteiger partial charge in [0.05, 0.1) is 6.20 Å². The lowest BCUT2D eigenvalue weighted by molar-refractivity contribution is 0.506. The van der Waals surface area contributed by atoms with Gasteiger partial charge in [-0.25, -0.2) is 4.68 Å². The molecule has 0 atom stereocenters. The molecule has 72 valence electrons. The highest BCUT2D eigenvalue weighted by Crippen LogP contribution is 2.44. The quantitative estimate of drug-likeness (QED) is 0.765. The van der Waals surface area contributed by atoms with Crippen molar-refractivity contribution < 1.29 is 0 Å². The highest BCUT2D eigenvalue weighted by molar-refractivity contribution is 5.38. The smallest absolute Gasteiger partial charge is 0.144 e. The van der Waals surface area contributed by atoms with Crippen LogP contribution in [0, 0.1) is 5.92 Å². The fourth-order valence-electron chi connectivity index (χ4n) is 1.64. The van der Waals surface area contributed by atoms with Crippen molar-refractivity contribution in [1.29, 1.82) is 0 Å². The molecule has 1 saturated carbocycles. The van der Waals surface area contributed by atoms with Gasteiger partial charge in [0.15, 0.2) is 0 Å². The summed E-state index contributed by atoms with van der Waals surface area (Å²) in [4.78, 5) is 0. The lowest BCUT2D eigenvalue weighted by Gasteiger charge is -2.21. The van der Waals surface area contributed by atoms with Crippen LogP contribution in [-0.2, 0) is 7.05 Å². The molecule has 1 N–H and O–H groups in total. The molecule has 4 nitrogen and oxygen atoms in total. The van der Waals surface area contributed by atoms with Gasteiger partial charge in [-0.2, -0.15) is 0 Å². The zero-order valence-corrected chi connectivity index (χ0v) is 8.41. The van der Waals surface area contributed by atoms with Crippen LogP contribution in [-0.4, -0.2) is 20.5 Å². The molecule has 13 heavy (non-hydrogen) atoms. The fraction of sp³-hybridized carbons (Fsp3) is 0.778. The fourth-order valence-corrected chi connectivity index (χ4v) is 1.64. The van der Waals surface area contributed by atoms with E-state index in [2.05, 4.69) is 29.5 Å². The Morgan fingerprint density at radius 1 is 1.54 bits per heavy atom. The molecule has 0 amide bonds. The Hall–Kier alpha value is -1.06. The molecule has 0 unspecified atom stereocenters. The van der Waals surface area contributed by atoms with Crippen LogP contribution >= 0.6 is 0 Å². The highest BCUT2D eigenvalue weighted by Gasteiger charge is 2.45. The minimum atomic E-state index is 0.315. The molecule has 1 aromatic rings. The van der Waals surface area contributed by atoms with Crippen molar-refractivity contribution in [2.75, 3.05) is 5.32 Å². The summed E-state index contributed by atoms with van der Waals surface area (Å²) >= 11 is 0. The van der Waals surface area contributed by atoms with Crippen molar-refractivity contribution in [1.82, 2.24) is 15.0 Å². The van der Waals surface area contributed by atoms with Crippen LogP contribution in [0.25, 0.3) is 0 Å². The van der Waals surface area contributed by atoms with Crippen molar-refractivity contribution in [3.8, 4) is 0 Å². The van der Waals surface area contributed by atoms with Gasteiger partial charge < -0.3 is 5.32 Å². The largest absolute Gasteiger partial charge is 0.363 e. The van der Waals surface area contributed by atoms with E-state index in [0.29, 0.717) is 11.5 Å². The highest BCUT2D eigenvalue weighted by atomic mass is 15.4. The van der Waals surface area contributed by atoms with Gasteiger partial charge in [0.1, 0.15) is 5.82 Å². The molecule has 1 heterocycles. The van der Waals surface area contributed by atoms with Gasteiger partial charge in [0.2, 0.25) is 0 Å². The Morgan fingerprint density at radius 3 is 2.62 bits per heavy atom. The number of nitrogens with zero attached hydrogens (tertiary/aromatic N) is 3. The van der Waals surface area contributed by atoms with Crippen molar-refractivity contribution in [3.63, 3.8) is 0 Å². The summed E-state index contributed by atoms with van der Waals surface area (Å²) in [7, 11) is 1.91. The summed E-state index contributed by atoms with van der Waals surface area (Å²) in [6, 6.07) is 0. The van der Waals surface area contributed by atoms with E-state index < -0.39 is 0 Å². The lowest BCUT2D eigenvalue weighted by atomic mass is 10.0. The van der Waals surface area contributed by atoms with E-state index in [1.807, 2.05) is 7.05 Å². The minimum absolute atomic E-state index is 0.315. The molecule has 0 bridgehead atoms. The van der Waals surface area contributed by atoms with Crippen LogP contribution in [0.15, 0.2) is 6.20 Å². The van der Waals surface area contributed by atoms with Crippen molar-refractivity contribution in [2.45, 2.75) is 32.2 Å². The van der Waals surface area contributed by atoms with E-state index in [-0.39, 0.29) is 0 Å². The van der Waals surface area contributed by atoms with Crippen LogP contribution in [0.2, 0.25) is 0 Å². The maximum atomic E-state index is 3.89. The maximum absolute atomic E-state index is 3.89. The molecule has 1 aliphatic rings. The molecule has 2 rings (SSSR count). The third-order valence-corrected chi connectivity index (χ3v) is 2.99. The first-order valence-corrected chi connectivity index (χ1v) is 4.77. The van der Waals surface area contributed by atoms with Gasteiger partial charge in [-0.1, -0.05) is 19.1 Å². The first-order chi connectivity index (χ1) is 6.14. The van der Waals surface area contributed by atoms with Crippen molar-refractivity contribution in [3.05, 3.63) is 6.20 Å². The monoisotopic (exact) mass is 180 g/mol. The van der Waals surface area contributed by atoms with Gasteiger partial charge in [-0.05, 0) is 18.8 Å². The first-order valence-electron chi connectivity index (χ1n) is 4.77. The van der Waals surface area contributed by atoms with Gasteiger partial charge >= 0.3 is 0 Å². The van der Waals surface area contributed by atoms with E-state index in [1.165, 1.54) is 12.8 Å². The summed E-state index contributed by atoms with van der Waals surface area (Å²) in [5.74, 6) is 1.69. The van der Waals surface area contributed by atoms with E-state index in [9.17, 15) is 0 Å². The first kappa shape index (κ1) is 8.53. The van der Waals surface area contributed by atoms with Crippen LogP contribution in [0.3, 0.4) is 0 Å². The second-order valence-corrected chi connectivity index (χ2v) is 4.18. The Morgan fingerprint density at radius 2 is 2.23 bits per heavy atom. The Labute approximate surface area is 78.3 Å². The summed E-state index contributed by atoms with van der Waals surface area (Å²) in [5, 5.41) is 11.3. The van der Waals surface area contributed by atoms with E-state index in [0.717, 1.165) is 5.82 Å². The van der Waals surface area contributed by atoms with Gasteiger partial charge in [0, 0.05) is 12.6 Å². The van der Waals surface area contributed by atoms with E-state index >= 15 is 0 Å². The van der Waals surface area contributed by atoms with Crippen molar-refractivity contribution in [2.24, 2.45) is 13.0 Å². The average molecular weight is 180 g/mol. The van der Waals surface area contributed by atoms with Crippen LogP contribution in [0.4, 0.5) is 5.82 Å². The number of aryl methyl sites for hydroxylation is 1. The minimum Gasteiger partial charge on any atom is -0.363 e. The van der Waals surface area contributed by atoms with Crippen LogP contribution in [0.5, 0.6) is 0 Å². The van der Waals surface area contributed by atoms with E-state index in [4.69, 9.17) is 0 Å². The van der Waals surface area contributed by atoms with E-state index in [1.54, 1.807) is 10.9 Å². The molecule has 0 saturated heterocycles. The SMILES string of the molecule is CC(C)C1(Nc2cnnn2C)CC1. The zero-order chi connectivity index (χ0) is 9.47. The topological polar surface area (TPSA) is 42.7 Å². The molecule has 1 aromatic heterocycles. The Balaban J connectivity index is 2.10. The van der Waals surface area contributed by atoms with Gasteiger partial charge in [0.25, 0.3) is 0 Å². The molecule has 0 spiro atoms. The molecule has 0 radical (unpaired) electrons. The van der Waals surface area contributed by atoms with Crippen molar-refractivity contribution >= 4 is 5.82 Å². The maximum Gasteiger partial charge on any atom is 0.144 e. The summed E-state index contributed by atoms with van der Waals surface area (Å²) < 4.78 is 1.78. The molecule has 0 aromatic carbocycles. The zero-order valence-electron chi connectivity index (χ0n) is 8.41. The second kappa shape index (κ2) is 2.72. The Kier molecular flexibility index (Phi) is 1.78. The normalized spacial score (nSPS) is 19.1. The van der Waals surface area contributed by atoms with Crippen LogP contribution < -0.4 is 5.32 Å².